The molecule has 0 radical (unpaired) electrons. The van der Waals surface area contributed by atoms with Crippen molar-refractivity contribution in [1.82, 2.24) is 4.90 Å². The van der Waals surface area contributed by atoms with Gasteiger partial charge in [-0.1, -0.05) is 20.8 Å². The fraction of sp³-hybridized carbons (Fsp3) is 0.875. The zero-order chi connectivity index (χ0) is 18.6. The molecule has 0 saturated heterocycles. The van der Waals surface area contributed by atoms with Gasteiger partial charge in [-0.3, -0.25) is 9.69 Å². The van der Waals surface area contributed by atoms with Crippen LogP contribution < -0.4 is 0 Å². The van der Waals surface area contributed by atoms with E-state index in [1.54, 1.807) is 20.8 Å². The van der Waals surface area contributed by atoms with E-state index >= 15 is 0 Å². The Morgan fingerprint density at radius 1 is 1.13 bits per heavy atom. The highest BCUT2D eigenvalue weighted by atomic mass is 28.4. The van der Waals surface area contributed by atoms with Gasteiger partial charge in [0.25, 0.3) is 0 Å². The molecule has 7 heteroatoms. The van der Waals surface area contributed by atoms with E-state index in [1.165, 1.54) is 4.90 Å². The molecule has 1 amide bonds. The Hall–Kier alpha value is -1.08. The van der Waals surface area contributed by atoms with Crippen molar-refractivity contribution >= 4 is 20.4 Å². The average Bonchev–Trinajstić information content (AvgIpc) is 2.22. The second kappa shape index (κ2) is 7.66. The fourth-order valence-electron chi connectivity index (χ4n) is 1.72. The topological polar surface area (TPSA) is 76.1 Å². The minimum atomic E-state index is -1.98. The zero-order valence-electron chi connectivity index (χ0n) is 16.0. The van der Waals surface area contributed by atoms with Crippen molar-refractivity contribution in [3.8, 4) is 0 Å². The molecule has 0 saturated carbocycles. The van der Waals surface area contributed by atoms with Crippen LogP contribution in [0.25, 0.3) is 0 Å². The molecule has 0 bridgehead atoms. The first-order chi connectivity index (χ1) is 10.0. The van der Waals surface area contributed by atoms with Crippen molar-refractivity contribution in [2.45, 2.75) is 78.3 Å². The van der Waals surface area contributed by atoms with E-state index in [9.17, 15) is 9.59 Å². The Bertz CT molecular complexity index is 423. The summed E-state index contributed by atoms with van der Waals surface area (Å²) in [6.45, 7) is 17.5. The maximum atomic E-state index is 12.2. The van der Waals surface area contributed by atoms with Gasteiger partial charge in [0.1, 0.15) is 12.1 Å². The molecular weight excluding hydrogens is 314 g/mol. The van der Waals surface area contributed by atoms with Gasteiger partial charge in [0.2, 0.25) is 0 Å². The molecule has 6 nitrogen and oxygen atoms in total. The summed E-state index contributed by atoms with van der Waals surface area (Å²) >= 11 is 0. The quantitative estimate of drug-likeness (QED) is 0.741. The molecule has 136 valence electrons. The van der Waals surface area contributed by atoms with Gasteiger partial charge < -0.3 is 14.3 Å². The summed E-state index contributed by atoms with van der Waals surface area (Å²) in [6, 6.07) is 0. The summed E-state index contributed by atoms with van der Waals surface area (Å²) in [5.41, 5.74) is -0.669. The number of rotatable bonds is 6. The summed E-state index contributed by atoms with van der Waals surface area (Å²) in [5.74, 6) is -1.07. The summed E-state index contributed by atoms with van der Waals surface area (Å²) in [4.78, 5) is 24.4. The molecule has 0 heterocycles. The highest BCUT2D eigenvalue weighted by Gasteiger charge is 2.39. The monoisotopic (exact) mass is 347 g/mol. The lowest BCUT2D eigenvalue weighted by Gasteiger charge is -2.39. The van der Waals surface area contributed by atoms with Gasteiger partial charge in [-0.2, -0.15) is 0 Å². The number of carboxylic acids is 1. The third-order valence-electron chi connectivity index (χ3n) is 3.76. The van der Waals surface area contributed by atoms with E-state index in [1.807, 2.05) is 6.92 Å². The minimum Gasteiger partial charge on any atom is -0.480 e. The second-order valence-corrected chi connectivity index (χ2v) is 13.2. The van der Waals surface area contributed by atoms with Gasteiger partial charge in [-0.25, -0.2) is 4.79 Å². The number of hydrogen-bond donors (Lipinski definition) is 1. The number of carbonyl (C=O) groups is 2. The Morgan fingerprint density at radius 2 is 1.61 bits per heavy atom. The highest BCUT2D eigenvalue weighted by molar-refractivity contribution is 6.74. The van der Waals surface area contributed by atoms with E-state index in [0.29, 0.717) is 0 Å². The number of ether oxygens (including phenoxy) is 1. The summed E-state index contributed by atoms with van der Waals surface area (Å²) in [5, 5.41) is 9.07. The summed E-state index contributed by atoms with van der Waals surface area (Å²) in [7, 11) is -1.98. The number of aliphatic carboxylic acids is 1. The third-order valence-corrected chi connectivity index (χ3v) is 8.36. The molecule has 1 N–H and O–H groups in total. The van der Waals surface area contributed by atoms with Gasteiger partial charge >= 0.3 is 12.1 Å². The van der Waals surface area contributed by atoms with Gasteiger partial charge in [-0.05, 0) is 45.8 Å². The molecule has 0 aromatic rings. The number of hydrogen-bond acceptors (Lipinski definition) is 4. The molecule has 0 aromatic heterocycles. The normalized spacial score (nSPS) is 14.3. The SMILES string of the molecule is CC(CN(CC(=O)O)C(=O)OC(C)(C)C)O[Si](C)(C)C(C)(C)C. The van der Waals surface area contributed by atoms with Crippen LogP contribution in [0.15, 0.2) is 0 Å². The van der Waals surface area contributed by atoms with Crippen molar-refractivity contribution in [3.05, 3.63) is 0 Å². The second-order valence-electron chi connectivity index (χ2n) is 8.44. The van der Waals surface area contributed by atoms with E-state index < -0.39 is 32.5 Å². The van der Waals surface area contributed by atoms with Gasteiger partial charge in [0, 0.05) is 6.54 Å². The first-order valence-corrected chi connectivity index (χ1v) is 10.8. The lowest BCUT2D eigenvalue weighted by Crippen LogP contribution is -2.48. The number of amides is 1. The lowest BCUT2D eigenvalue weighted by molar-refractivity contribution is -0.138. The smallest absolute Gasteiger partial charge is 0.410 e. The summed E-state index contributed by atoms with van der Waals surface area (Å²) < 4.78 is 11.5. The van der Waals surface area contributed by atoms with E-state index in [2.05, 4.69) is 33.9 Å². The van der Waals surface area contributed by atoms with Crippen LogP contribution in [-0.2, 0) is 14.0 Å². The van der Waals surface area contributed by atoms with Crippen molar-refractivity contribution in [1.29, 1.82) is 0 Å². The summed E-state index contributed by atoms with van der Waals surface area (Å²) in [6.07, 6.45) is -0.895. The third kappa shape index (κ3) is 8.36. The van der Waals surface area contributed by atoms with Crippen LogP contribution in [0.4, 0.5) is 4.79 Å². The molecule has 0 aliphatic carbocycles. The first-order valence-electron chi connectivity index (χ1n) is 7.93. The number of nitrogens with zero attached hydrogens (tertiary/aromatic N) is 1. The molecule has 0 spiro atoms. The van der Waals surface area contributed by atoms with Crippen LogP contribution in [-0.4, -0.2) is 55.2 Å². The Kier molecular flexibility index (Phi) is 7.30. The van der Waals surface area contributed by atoms with Crippen LogP contribution in [0.5, 0.6) is 0 Å². The van der Waals surface area contributed by atoms with Crippen molar-refractivity contribution in [3.63, 3.8) is 0 Å². The van der Waals surface area contributed by atoms with E-state index in [-0.39, 0.29) is 17.7 Å². The largest absolute Gasteiger partial charge is 0.480 e. The van der Waals surface area contributed by atoms with Crippen LogP contribution >= 0.6 is 0 Å². The molecule has 23 heavy (non-hydrogen) atoms. The van der Waals surface area contributed by atoms with Gasteiger partial charge in [0.15, 0.2) is 8.32 Å². The number of carbonyl (C=O) groups excluding carboxylic acids is 1. The zero-order valence-corrected chi connectivity index (χ0v) is 17.0. The molecule has 0 aromatic carbocycles. The van der Waals surface area contributed by atoms with Crippen molar-refractivity contribution < 1.29 is 23.9 Å². The minimum absolute atomic E-state index is 0.0464. The molecule has 0 aliphatic rings. The van der Waals surface area contributed by atoms with Gasteiger partial charge in [0.05, 0.1) is 6.10 Å². The van der Waals surface area contributed by atoms with Crippen molar-refractivity contribution in [2.24, 2.45) is 0 Å². The number of carboxylic acid groups (broad SMARTS) is 1. The molecule has 1 unspecified atom stereocenters. The van der Waals surface area contributed by atoms with Crippen LogP contribution in [0.2, 0.25) is 18.1 Å². The molecule has 0 rings (SSSR count). The first kappa shape index (κ1) is 21.9. The van der Waals surface area contributed by atoms with Crippen LogP contribution in [0.3, 0.4) is 0 Å². The predicted octanol–water partition coefficient (Wildman–Crippen LogP) is 3.72. The maximum absolute atomic E-state index is 12.2. The fourth-order valence-corrected chi connectivity index (χ4v) is 3.15. The molecular formula is C16H33NO5Si. The maximum Gasteiger partial charge on any atom is 0.410 e. The predicted molar refractivity (Wildman–Crippen MR) is 93.2 cm³/mol. The standard InChI is InChI=1S/C16H33NO5Si/c1-12(22-23(8,9)16(5,6)7)10-17(11-13(18)19)14(20)21-15(2,3)4/h12H,10-11H2,1-9H3,(H,18,19). The van der Waals surface area contributed by atoms with Crippen molar-refractivity contribution in [2.75, 3.05) is 13.1 Å². The van der Waals surface area contributed by atoms with Gasteiger partial charge in [-0.15, -0.1) is 0 Å². The molecule has 1 atom stereocenters. The molecule has 0 aliphatic heterocycles. The Morgan fingerprint density at radius 3 is 1.96 bits per heavy atom. The lowest BCUT2D eigenvalue weighted by atomic mass is 10.2. The van der Waals surface area contributed by atoms with E-state index in [0.717, 1.165) is 0 Å². The van der Waals surface area contributed by atoms with Crippen LogP contribution in [0, 0.1) is 0 Å². The Balaban J connectivity index is 4.97. The molecule has 0 fully saturated rings. The van der Waals surface area contributed by atoms with Crippen LogP contribution in [0.1, 0.15) is 48.5 Å². The Labute approximate surface area is 141 Å². The average molecular weight is 348 g/mol. The highest BCUT2D eigenvalue weighted by Crippen LogP contribution is 2.37. The van der Waals surface area contributed by atoms with E-state index in [4.69, 9.17) is 14.3 Å².